The van der Waals surface area contributed by atoms with Crippen molar-refractivity contribution >= 4 is 11.5 Å². The van der Waals surface area contributed by atoms with Crippen LogP contribution in [0.3, 0.4) is 0 Å². The molecular weight excluding hydrogens is 222 g/mol. The zero-order valence-electron chi connectivity index (χ0n) is 8.96. The van der Waals surface area contributed by atoms with Crippen molar-refractivity contribution < 1.29 is 4.92 Å². The van der Waals surface area contributed by atoms with Crippen LogP contribution in [0.5, 0.6) is 0 Å². The van der Waals surface area contributed by atoms with E-state index < -0.39 is 4.92 Å². The number of nitro groups is 1. The largest absolute Gasteiger partial charge is 0.376 e. The van der Waals surface area contributed by atoms with Crippen LogP contribution in [0.25, 0.3) is 0 Å². The molecule has 0 fully saturated rings. The SMILES string of the molecule is O=[N+]([O-])c1[nH]ncc1NCCc1cccnc1. The molecule has 2 N–H and O–H groups in total. The van der Waals surface area contributed by atoms with E-state index >= 15 is 0 Å². The Bertz CT molecular complexity index is 496. The molecule has 0 amide bonds. The number of nitrogens with zero attached hydrogens (tertiary/aromatic N) is 3. The fourth-order valence-corrected chi connectivity index (χ4v) is 1.44. The second-order valence-electron chi connectivity index (χ2n) is 3.43. The van der Waals surface area contributed by atoms with Gasteiger partial charge in [0.15, 0.2) is 5.69 Å². The summed E-state index contributed by atoms with van der Waals surface area (Å²) in [5.74, 6) is -0.115. The van der Waals surface area contributed by atoms with Crippen LogP contribution in [-0.2, 0) is 6.42 Å². The lowest BCUT2D eigenvalue weighted by Gasteiger charge is -2.03. The van der Waals surface area contributed by atoms with E-state index in [4.69, 9.17) is 0 Å². The number of pyridine rings is 1. The molecule has 7 nitrogen and oxygen atoms in total. The summed E-state index contributed by atoms with van der Waals surface area (Å²) in [4.78, 5) is 14.1. The van der Waals surface area contributed by atoms with Gasteiger partial charge in [0.1, 0.15) is 6.20 Å². The molecule has 0 aromatic carbocycles. The second kappa shape index (κ2) is 5.06. The van der Waals surface area contributed by atoms with Crippen molar-refractivity contribution in [1.82, 2.24) is 15.2 Å². The summed E-state index contributed by atoms with van der Waals surface area (Å²) >= 11 is 0. The first-order valence-electron chi connectivity index (χ1n) is 5.08. The van der Waals surface area contributed by atoms with Gasteiger partial charge in [-0.05, 0) is 23.0 Å². The second-order valence-corrected chi connectivity index (χ2v) is 3.43. The van der Waals surface area contributed by atoms with Crippen LogP contribution in [0.2, 0.25) is 0 Å². The van der Waals surface area contributed by atoms with Crippen LogP contribution in [-0.4, -0.2) is 26.6 Å². The molecule has 88 valence electrons. The van der Waals surface area contributed by atoms with Gasteiger partial charge < -0.3 is 15.4 Å². The number of nitrogens with one attached hydrogen (secondary N) is 2. The van der Waals surface area contributed by atoms with Gasteiger partial charge in [0.2, 0.25) is 0 Å². The van der Waals surface area contributed by atoms with Gasteiger partial charge in [-0.25, -0.2) is 0 Å². The van der Waals surface area contributed by atoms with E-state index in [9.17, 15) is 10.1 Å². The summed E-state index contributed by atoms with van der Waals surface area (Å²) in [6.07, 6.45) is 5.63. The predicted octanol–water partition coefficient (Wildman–Crippen LogP) is 1.37. The first kappa shape index (κ1) is 11.1. The molecule has 2 rings (SSSR count). The van der Waals surface area contributed by atoms with Crippen LogP contribution in [0, 0.1) is 10.1 Å². The normalized spacial score (nSPS) is 10.1. The molecule has 2 aromatic rings. The van der Waals surface area contributed by atoms with Gasteiger partial charge in [-0.15, -0.1) is 5.10 Å². The van der Waals surface area contributed by atoms with Crippen molar-refractivity contribution in [2.45, 2.75) is 6.42 Å². The summed E-state index contributed by atoms with van der Waals surface area (Å²) in [5.41, 5.74) is 1.48. The van der Waals surface area contributed by atoms with E-state index in [1.54, 1.807) is 12.4 Å². The minimum absolute atomic E-state index is 0.115. The lowest BCUT2D eigenvalue weighted by molar-refractivity contribution is -0.388. The van der Waals surface area contributed by atoms with Gasteiger partial charge in [0.05, 0.1) is 0 Å². The topological polar surface area (TPSA) is 96.7 Å². The Morgan fingerprint density at radius 3 is 3.06 bits per heavy atom. The predicted molar refractivity (Wildman–Crippen MR) is 61.7 cm³/mol. The van der Waals surface area contributed by atoms with Gasteiger partial charge >= 0.3 is 5.82 Å². The van der Waals surface area contributed by atoms with E-state index in [-0.39, 0.29) is 5.82 Å². The zero-order chi connectivity index (χ0) is 12.1. The molecule has 0 aliphatic heterocycles. The monoisotopic (exact) mass is 233 g/mol. The highest BCUT2D eigenvalue weighted by Crippen LogP contribution is 2.19. The Kier molecular flexibility index (Phi) is 3.29. The van der Waals surface area contributed by atoms with E-state index in [1.165, 1.54) is 6.20 Å². The molecule has 7 heteroatoms. The molecule has 2 aromatic heterocycles. The Morgan fingerprint density at radius 2 is 2.35 bits per heavy atom. The Balaban J connectivity index is 1.90. The van der Waals surface area contributed by atoms with E-state index in [0.717, 1.165) is 12.0 Å². The van der Waals surface area contributed by atoms with E-state index in [0.29, 0.717) is 12.2 Å². The maximum Gasteiger partial charge on any atom is 0.366 e. The van der Waals surface area contributed by atoms with Crippen LogP contribution >= 0.6 is 0 Å². The van der Waals surface area contributed by atoms with Gasteiger partial charge in [0.25, 0.3) is 0 Å². The molecule has 0 unspecified atom stereocenters. The van der Waals surface area contributed by atoms with E-state index in [2.05, 4.69) is 20.5 Å². The first-order chi connectivity index (χ1) is 8.27. The minimum Gasteiger partial charge on any atom is -0.376 e. The highest BCUT2D eigenvalue weighted by molar-refractivity contribution is 5.55. The number of hydrogen-bond acceptors (Lipinski definition) is 5. The third kappa shape index (κ3) is 2.77. The van der Waals surface area contributed by atoms with Crippen LogP contribution < -0.4 is 5.32 Å². The highest BCUT2D eigenvalue weighted by atomic mass is 16.6. The average molecular weight is 233 g/mol. The van der Waals surface area contributed by atoms with Gasteiger partial charge in [-0.3, -0.25) is 4.98 Å². The maximum absolute atomic E-state index is 10.6. The van der Waals surface area contributed by atoms with Gasteiger partial charge in [0, 0.05) is 18.9 Å². The third-order valence-electron chi connectivity index (χ3n) is 2.25. The van der Waals surface area contributed by atoms with Crippen molar-refractivity contribution in [2.75, 3.05) is 11.9 Å². The van der Waals surface area contributed by atoms with Gasteiger partial charge in [-0.2, -0.15) is 0 Å². The minimum atomic E-state index is -0.501. The third-order valence-corrected chi connectivity index (χ3v) is 2.25. The van der Waals surface area contributed by atoms with Crippen LogP contribution in [0.15, 0.2) is 30.7 Å². The molecule has 0 atom stereocenters. The molecule has 0 saturated heterocycles. The molecule has 0 bridgehead atoms. The van der Waals surface area contributed by atoms with Crippen molar-refractivity contribution in [1.29, 1.82) is 0 Å². The maximum atomic E-state index is 10.6. The Hall–Kier alpha value is -2.44. The molecule has 0 aliphatic rings. The number of hydrogen-bond donors (Lipinski definition) is 2. The van der Waals surface area contributed by atoms with E-state index in [1.807, 2.05) is 12.1 Å². The Morgan fingerprint density at radius 1 is 1.47 bits per heavy atom. The molecule has 0 spiro atoms. The lowest BCUT2D eigenvalue weighted by Crippen LogP contribution is -2.06. The van der Waals surface area contributed by atoms with Crippen molar-refractivity contribution in [3.05, 3.63) is 46.4 Å². The van der Waals surface area contributed by atoms with Crippen LogP contribution in [0.1, 0.15) is 5.56 Å². The zero-order valence-corrected chi connectivity index (χ0v) is 8.96. The summed E-state index contributed by atoms with van der Waals surface area (Å²) in [5, 5.41) is 19.5. The number of aromatic amines is 1. The fourth-order valence-electron chi connectivity index (χ4n) is 1.44. The van der Waals surface area contributed by atoms with Crippen molar-refractivity contribution in [2.24, 2.45) is 0 Å². The highest BCUT2D eigenvalue weighted by Gasteiger charge is 2.13. The first-order valence-corrected chi connectivity index (χ1v) is 5.08. The van der Waals surface area contributed by atoms with Crippen LogP contribution in [0.4, 0.5) is 11.5 Å². The number of rotatable bonds is 5. The quantitative estimate of drug-likeness (QED) is 0.600. The summed E-state index contributed by atoms with van der Waals surface area (Å²) in [7, 11) is 0. The van der Waals surface area contributed by atoms with Crippen molar-refractivity contribution in [3.63, 3.8) is 0 Å². The smallest absolute Gasteiger partial charge is 0.366 e. The lowest BCUT2D eigenvalue weighted by atomic mass is 10.2. The summed E-state index contributed by atoms with van der Waals surface area (Å²) in [6.45, 7) is 0.589. The Labute approximate surface area is 97.0 Å². The van der Waals surface area contributed by atoms with Crippen molar-refractivity contribution in [3.8, 4) is 0 Å². The fraction of sp³-hybridized carbons (Fsp3) is 0.200. The summed E-state index contributed by atoms with van der Waals surface area (Å²) in [6, 6.07) is 3.81. The number of aromatic nitrogens is 3. The average Bonchev–Trinajstić information content (AvgIpc) is 2.79. The molecular formula is C10H11N5O2. The standard InChI is InChI=1S/C10H11N5O2/c16-15(17)10-9(7-13-14-10)12-5-3-8-2-1-4-11-6-8/h1-2,4,6-7,12H,3,5H2,(H,13,14). The number of anilines is 1. The molecule has 0 radical (unpaired) electrons. The molecule has 2 heterocycles. The van der Waals surface area contributed by atoms with Gasteiger partial charge in [-0.1, -0.05) is 11.2 Å². The number of H-pyrrole nitrogens is 1. The molecule has 0 aliphatic carbocycles. The molecule has 0 saturated carbocycles. The summed E-state index contributed by atoms with van der Waals surface area (Å²) < 4.78 is 0. The molecule has 17 heavy (non-hydrogen) atoms.